The molecule has 0 amide bonds. The molecule has 152 valence electrons. The van der Waals surface area contributed by atoms with Gasteiger partial charge in [-0.15, -0.1) is 0 Å². The summed E-state index contributed by atoms with van der Waals surface area (Å²) in [6.45, 7) is 2.77. The molecule has 7 heteroatoms. The first kappa shape index (κ1) is 18.5. The summed E-state index contributed by atoms with van der Waals surface area (Å²) in [5, 5.41) is 11.3. The van der Waals surface area contributed by atoms with Crippen LogP contribution in [-0.4, -0.2) is 27.6 Å². The van der Waals surface area contributed by atoms with Crippen molar-refractivity contribution in [1.29, 1.82) is 0 Å². The Morgan fingerprint density at radius 2 is 1.77 bits per heavy atom. The van der Waals surface area contributed by atoms with E-state index in [9.17, 15) is 14.9 Å². The fourth-order valence-electron chi connectivity index (χ4n) is 4.39. The largest absolute Gasteiger partial charge is 0.372 e. The van der Waals surface area contributed by atoms with Crippen LogP contribution in [0.25, 0.3) is 22.6 Å². The van der Waals surface area contributed by atoms with Crippen LogP contribution in [0.15, 0.2) is 47.3 Å². The molecule has 0 unspecified atom stereocenters. The van der Waals surface area contributed by atoms with Crippen molar-refractivity contribution in [2.45, 2.75) is 32.2 Å². The van der Waals surface area contributed by atoms with Gasteiger partial charge in [0.15, 0.2) is 0 Å². The highest BCUT2D eigenvalue weighted by molar-refractivity contribution is 5.85. The number of aromatic nitrogens is 2. The van der Waals surface area contributed by atoms with E-state index < -0.39 is 4.92 Å². The third-order valence-corrected chi connectivity index (χ3v) is 6.00. The number of fused-ring (bicyclic) bond motifs is 2. The second-order valence-electron chi connectivity index (χ2n) is 7.91. The number of hydrogen-bond acceptors (Lipinski definition) is 5. The lowest BCUT2D eigenvalue weighted by molar-refractivity contribution is -0.384. The van der Waals surface area contributed by atoms with Crippen LogP contribution >= 0.6 is 0 Å². The topological polar surface area (TPSA) is 81.3 Å². The summed E-state index contributed by atoms with van der Waals surface area (Å²) < 4.78 is 1.62. The molecule has 0 saturated carbocycles. The fraction of sp³-hybridized carbons (Fsp3) is 0.304. The molecule has 0 N–H and O–H groups in total. The van der Waals surface area contributed by atoms with Crippen LogP contribution < -0.4 is 10.5 Å². The molecule has 3 heterocycles. The Morgan fingerprint density at radius 1 is 1.00 bits per heavy atom. The van der Waals surface area contributed by atoms with Gasteiger partial charge in [-0.05, 0) is 61.1 Å². The minimum absolute atomic E-state index is 0.0930. The summed E-state index contributed by atoms with van der Waals surface area (Å²) in [6.07, 6.45) is 6.62. The Hall–Kier alpha value is -3.48. The number of piperidine rings is 1. The lowest BCUT2D eigenvalue weighted by Gasteiger charge is -2.28. The smallest absolute Gasteiger partial charge is 0.270 e. The average Bonchev–Trinajstić information content (AvgIpc) is 3.17. The predicted octanol–water partition coefficient (Wildman–Crippen LogP) is 4.24. The van der Waals surface area contributed by atoms with Crippen LogP contribution in [0.3, 0.4) is 0 Å². The number of allylic oxidation sites excluding steroid dienone is 1. The molecule has 0 bridgehead atoms. The molecule has 0 aliphatic carbocycles. The van der Waals surface area contributed by atoms with Gasteiger partial charge in [-0.3, -0.25) is 19.5 Å². The Kier molecular flexibility index (Phi) is 4.58. The van der Waals surface area contributed by atoms with E-state index in [4.69, 9.17) is 0 Å². The molecule has 0 atom stereocenters. The molecule has 2 aromatic carbocycles. The fourth-order valence-corrected chi connectivity index (χ4v) is 4.39. The van der Waals surface area contributed by atoms with Crippen LogP contribution in [0.2, 0.25) is 0 Å². The van der Waals surface area contributed by atoms with E-state index >= 15 is 0 Å². The van der Waals surface area contributed by atoms with Crippen molar-refractivity contribution in [3.05, 3.63) is 74.3 Å². The van der Waals surface area contributed by atoms with Crippen molar-refractivity contribution >= 4 is 33.9 Å². The van der Waals surface area contributed by atoms with Crippen LogP contribution in [-0.2, 0) is 6.54 Å². The molecule has 0 radical (unpaired) electrons. The minimum Gasteiger partial charge on any atom is -0.372 e. The lowest BCUT2D eigenvalue weighted by atomic mass is 10.1. The summed E-state index contributed by atoms with van der Waals surface area (Å²) in [7, 11) is 0. The second kappa shape index (κ2) is 7.40. The Morgan fingerprint density at radius 3 is 2.50 bits per heavy atom. The molecule has 5 rings (SSSR count). The number of nitro benzene ring substituents is 1. The van der Waals surface area contributed by atoms with E-state index in [-0.39, 0.29) is 11.2 Å². The predicted molar refractivity (Wildman–Crippen MR) is 118 cm³/mol. The SMILES string of the molecule is O=c1c2cc([N+](=O)[O-])ccc2nc2n1CC/C2=C/c1ccc(N2CCCCC2)cc1. The van der Waals surface area contributed by atoms with Gasteiger partial charge in [-0.1, -0.05) is 12.1 Å². The molecule has 2 aliphatic heterocycles. The highest BCUT2D eigenvalue weighted by Gasteiger charge is 2.22. The Balaban J connectivity index is 1.48. The first-order valence-corrected chi connectivity index (χ1v) is 10.3. The van der Waals surface area contributed by atoms with Gasteiger partial charge >= 0.3 is 0 Å². The third-order valence-electron chi connectivity index (χ3n) is 6.00. The molecular weight excluding hydrogens is 380 g/mol. The quantitative estimate of drug-likeness (QED) is 0.483. The van der Waals surface area contributed by atoms with Gasteiger partial charge in [0.05, 0.1) is 15.8 Å². The van der Waals surface area contributed by atoms with Gasteiger partial charge in [0, 0.05) is 37.5 Å². The monoisotopic (exact) mass is 402 g/mol. The molecule has 1 saturated heterocycles. The van der Waals surface area contributed by atoms with Crippen LogP contribution in [0, 0.1) is 10.1 Å². The molecule has 30 heavy (non-hydrogen) atoms. The van der Waals surface area contributed by atoms with Gasteiger partial charge in [-0.2, -0.15) is 0 Å². The first-order chi connectivity index (χ1) is 14.6. The Labute approximate surface area is 173 Å². The van der Waals surface area contributed by atoms with Crippen molar-refractivity contribution < 1.29 is 4.92 Å². The summed E-state index contributed by atoms with van der Waals surface area (Å²) in [6, 6.07) is 12.8. The lowest BCUT2D eigenvalue weighted by Crippen LogP contribution is -2.29. The summed E-state index contributed by atoms with van der Waals surface area (Å²) >= 11 is 0. The highest BCUT2D eigenvalue weighted by atomic mass is 16.6. The van der Waals surface area contributed by atoms with Gasteiger partial charge < -0.3 is 4.90 Å². The summed E-state index contributed by atoms with van der Waals surface area (Å²) in [5.74, 6) is 0.654. The van der Waals surface area contributed by atoms with E-state index in [0.717, 1.165) is 24.2 Å². The maximum absolute atomic E-state index is 12.9. The zero-order valence-electron chi connectivity index (χ0n) is 16.6. The third kappa shape index (κ3) is 3.26. The van der Waals surface area contributed by atoms with Crippen molar-refractivity contribution in [2.75, 3.05) is 18.0 Å². The first-order valence-electron chi connectivity index (χ1n) is 10.3. The second-order valence-corrected chi connectivity index (χ2v) is 7.91. The number of benzene rings is 2. The zero-order chi connectivity index (χ0) is 20.7. The maximum atomic E-state index is 12.9. The molecule has 1 aromatic heterocycles. The van der Waals surface area contributed by atoms with E-state index in [1.165, 1.54) is 37.1 Å². The maximum Gasteiger partial charge on any atom is 0.270 e. The van der Waals surface area contributed by atoms with Crippen LogP contribution in [0.4, 0.5) is 11.4 Å². The summed E-state index contributed by atoms with van der Waals surface area (Å²) in [4.78, 5) is 30.5. The molecule has 1 fully saturated rings. The average molecular weight is 402 g/mol. The van der Waals surface area contributed by atoms with Crippen molar-refractivity contribution in [2.24, 2.45) is 0 Å². The zero-order valence-corrected chi connectivity index (χ0v) is 16.6. The van der Waals surface area contributed by atoms with Crippen molar-refractivity contribution in [3.63, 3.8) is 0 Å². The number of hydrogen-bond donors (Lipinski definition) is 0. The minimum atomic E-state index is -0.490. The van der Waals surface area contributed by atoms with Gasteiger partial charge in [0.1, 0.15) is 5.82 Å². The van der Waals surface area contributed by atoms with Crippen LogP contribution in [0.5, 0.6) is 0 Å². The molecule has 3 aromatic rings. The summed E-state index contributed by atoms with van der Waals surface area (Å²) in [5.41, 5.74) is 3.53. The highest BCUT2D eigenvalue weighted by Crippen LogP contribution is 2.29. The molecule has 2 aliphatic rings. The normalized spacial score (nSPS) is 17.5. The van der Waals surface area contributed by atoms with Gasteiger partial charge in [0.25, 0.3) is 11.2 Å². The van der Waals surface area contributed by atoms with Crippen LogP contribution in [0.1, 0.15) is 37.1 Å². The molecule has 0 spiro atoms. The van der Waals surface area contributed by atoms with E-state index in [1.54, 1.807) is 10.6 Å². The number of rotatable bonds is 3. The van der Waals surface area contributed by atoms with Gasteiger partial charge in [0.2, 0.25) is 0 Å². The van der Waals surface area contributed by atoms with E-state index in [2.05, 4.69) is 40.2 Å². The number of non-ortho nitro benzene ring substituents is 1. The molecule has 7 nitrogen and oxygen atoms in total. The standard InChI is InChI=1S/C23H22N4O3/c28-23-20-15-19(27(29)30)8-9-21(20)24-22-17(10-13-26(22)23)14-16-4-6-18(7-5-16)25-11-2-1-3-12-25/h4-9,14-15H,1-3,10-13H2/b17-14-. The van der Waals surface area contributed by atoms with Gasteiger partial charge in [-0.25, -0.2) is 4.98 Å². The molecular formula is C23H22N4O3. The van der Waals surface area contributed by atoms with E-state index in [1.807, 2.05) is 0 Å². The number of anilines is 1. The number of nitrogens with zero attached hydrogens (tertiary/aromatic N) is 4. The van der Waals surface area contributed by atoms with Crippen molar-refractivity contribution in [1.82, 2.24) is 9.55 Å². The van der Waals surface area contributed by atoms with Crippen molar-refractivity contribution in [3.8, 4) is 0 Å². The Bertz CT molecular complexity index is 1220. The van der Waals surface area contributed by atoms with E-state index in [0.29, 0.717) is 29.7 Å². The number of nitro groups is 1.